The number of hydrogen-bond acceptors (Lipinski definition) is 2. The molecule has 0 spiro atoms. The molecule has 0 aromatic rings. The molecule has 0 aliphatic carbocycles. The summed E-state index contributed by atoms with van der Waals surface area (Å²) >= 11 is 0. The number of unbranched alkanes of at least 4 members (excludes halogenated alkanes) is 8. The Morgan fingerprint density at radius 2 is 1.07 bits per heavy atom. The van der Waals surface area contributed by atoms with Crippen LogP contribution in [0.3, 0.4) is 0 Å². The molecule has 27 heavy (non-hydrogen) atoms. The van der Waals surface area contributed by atoms with E-state index in [1.165, 1.54) is 44.9 Å². The zero-order valence-electron chi connectivity index (χ0n) is 17.9. The fourth-order valence-electron chi connectivity index (χ4n) is 2.58. The Hall–Kier alpha value is -1.58. The Bertz CT molecular complexity index is 424. The summed E-state index contributed by atoms with van der Waals surface area (Å²) in [5.41, 5.74) is 0.683. The first-order valence-corrected chi connectivity index (χ1v) is 10.5. The minimum absolute atomic E-state index is 0.338. The third kappa shape index (κ3) is 22.4. The Morgan fingerprint density at radius 3 is 1.44 bits per heavy atom. The SMILES string of the molecule is C=C(CCCCCC(C)C)C(=O)O.C=C(CCCCCCCCC)C(=O)O. The zero-order chi connectivity index (χ0) is 21.1. The van der Waals surface area contributed by atoms with Crippen molar-refractivity contribution in [2.24, 2.45) is 5.92 Å². The summed E-state index contributed by atoms with van der Waals surface area (Å²) < 4.78 is 0. The second kappa shape index (κ2) is 19.2. The van der Waals surface area contributed by atoms with Crippen LogP contribution in [0.5, 0.6) is 0 Å². The molecular weight excluding hydrogens is 340 g/mol. The Labute approximate surface area is 166 Å². The topological polar surface area (TPSA) is 74.6 Å². The highest BCUT2D eigenvalue weighted by Gasteiger charge is 2.03. The van der Waals surface area contributed by atoms with E-state index in [2.05, 4.69) is 33.9 Å². The summed E-state index contributed by atoms with van der Waals surface area (Å²) in [6, 6.07) is 0. The third-order valence-corrected chi connectivity index (χ3v) is 4.45. The van der Waals surface area contributed by atoms with Crippen molar-refractivity contribution >= 4 is 11.9 Å². The molecule has 0 aliphatic heterocycles. The molecule has 158 valence electrons. The van der Waals surface area contributed by atoms with Gasteiger partial charge in [0.05, 0.1) is 0 Å². The molecule has 4 heteroatoms. The van der Waals surface area contributed by atoms with Gasteiger partial charge in [0.1, 0.15) is 0 Å². The predicted molar refractivity (Wildman–Crippen MR) is 114 cm³/mol. The highest BCUT2D eigenvalue weighted by atomic mass is 16.4. The lowest BCUT2D eigenvalue weighted by Gasteiger charge is -2.03. The quantitative estimate of drug-likeness (QED) is 0.222. The molecule has 0 aromatic heterocycles. The van der Waals surface area contributed by atoms with Crippen LogP contribution < -0.4 is 0 Å². The van der Waals surface area contributed by atoms with Gasteiger partial charge in [0.25, 0.3) is 0 Å². The van der Waals surface area contributed by atoms with Crippen LogP contribution in [0.15, 0.2) is 24.3 Å². The Kier molecular flexibility index (Phi) is 19.6. The zero-order valence-corrected chi connectivity index (χ0v) is 17.9. The lowest BCUT2D eigenvalue weighted by Crippen LogP contribution is -1.98. The summed E-state index contributed by atoms with van der Waals surface area (Å²) in [6.07, 6.45) is 14.3. The van der Waals surface area contributed by atoms with E-state index in [9.17, 15) is 9.59 Å². The van der Waals surface area contributed by atoms with Gasteiger partial charge in [-0.15, -0.1) is 0 Å². The van der Waals surface area contributed by atoms with Crippen molar-refractivity contribution in [3.05, 3.63) is 24.3 Å². The van der Waals surface area contributed by atoms with Crippen LogP contribution in [-0.2, 0) is 9.59 Å². The van der Waals surface area contributed by atoms with Crippen molar-refractivity contribution in [2.45, 2.75) is 104 Å². The Balaban J connectivity index is 0. The molecule has 0 atom stereocenters. The number of carbonyl (C=O) groups is 2. The van der Waals surface area contributed by atoms with Gasteiger partial charge in [-0.25, -0.2) is 9.59 Å². The maximum atomic E-state index is 10.4. The summed E-state index contributed by atoms with van der Waals surface area (Å²) in [5.74, 6) is -0.956. The number of carboxylic acids is 2. The van der Waals surface area contributed by atoms with Crippen LogP contribution in [0.4, 0.5) is 0 Å². The molecule has 0 amide bonds. The molecular formula is C23H42O4. The smallest absolute Gasteiger partial charge is 0.330 e. The molecule has 2 N–H and O–H groups in total. The van der Waals surface area contributed by atoms with E-state index in [0.29, 0.717) is 24.0 Å². The number of aliphatic carboxylic acids is 2. The lowest BCUT2D eigenvalue weighted by molar-refractivity contribution is -0.133. The van der Waals surface area contributed by atoms with E-state index in [1.807, 2.05) is 0 Å². The maximum Gasteiger partial charge on any atom is 0.330 e. The maximum absolute atomic E-state index is 10.4. The van der Waals surface area contributed by atoms with Crippen LogP contribution in [0, 0.1) is 5.92 Å². The number of hydrogen-bond donors (Lipinski definition) is 2. The Morgan fingerprint density at radius 1 is 0.704 bits per heavy atom. The average Bonchev–Trinajstić information content (AvgIpc) is 2.60. The molecule has 0 heterocycles. The first kappa shape index (κ1) is 27.6. The van der Waals surface area contributed by atoms with Crippen LogP contribution in [-0.4, -0.2) is 22.2 Å². The van der Waals surface area contributed by atoms with Crippen molar-refractivity contribution in [1.29, 1.82) is 0 Å². The highest BCUT2D eigenvalue weighted by molar-refractivity contribution is 5.85. The fourth-order valence-corrected chi connectivity index (χ4v) is 2.58. The van der Waals surface area contributed by atoms with Crippen LogP contribution in [0.1, 0.15) is 104 Å². The molecule has 0 rings (SSSR count). The molecule has 0 saturated carbocycles. The number of carboxylic acid groups (broad SMARTS) is 2. The van der Waals surface area contributed by atoms with Crippen LogP contribution >= 0.6 is 0 Å². The van der Waals surface area contributed by atoms with Gasteiger partial charge < -0.3 is 10.2 Å². The largest absolute Gasteiger partial charge is 0.478 e. The molecule has 0 aromatic carbocycles. The first-order valence-electron chi connectivity index (χ1n) is 10.5. The average molecular weight is 383 g/mol. The summed E-state index contributed by atoms with van der Waals surface area (Å²) in [6.45, 7) is 13.6. The van der Waals surface area contributed by atoms with Gasteiger partial charge in [-0.3, -0.25) is 0 Å². The van der Waals surface area contributed by atoms with Gasteiger partial charge in [0, 0.05) is 11.1 Å². The van der Waals surface area contributed by atoms with Crippen molar-refractivity contribution in [3.8, 4) is 0 Å². The van der Waals surface area contributed by atoms with Crippen molar-refractivity contribution < 1.29 is 19.8 Å². The highest BCUT2D eigenvalue weighted by Crippen LogP contribution is 2.12. The van der Waals surface area contributed by atoms with Crippen molar-refractivity contribution in [2.75, 3.05) is 0 Å². The molecule has 0 bridgehead atoms. The van der Waals surface area contributed by atoms with Gasteiger partial charge in [0.15, 0.2) is 0 Å². The summed E-state index contributed by atoms with van der Waals surface area (Å²) in [7, 11) is 0. The second-order valence-electron chi connectivity index (χ2n) is 7.68. The molecule has 0 radical (unpaired) electrons. The summed E-state index contributed by atoms with van der Waals surface area (Å²) in [5, 5.41) is 17.1. The third-order valence-electron chi connectivity index (χ3n) is 4.45. The van der Waals surface area contributed by atoms with E-state index < -0.39 is 11.9 Å². The minimum atomic E-state index is -0.858. The van der Waals surface area contributed by atoms with Gasteiger partial charge >= 0.3 is 11.9 Å². The predicted octanol–water partition coefficient (Wildman–Crippen LogP) is 7.00. The van der Waals surface area contributed by atoms with E-state index in [-0.39, 0.29) is 0 Å². The van der Waals surface area contributed by atoms with Gasteiger partial charge in [-0.05, 0) is 31.6 Å². The molecule has 4 nitrogen and oxygen atoms in total. The fraction of sp³-hybridized carbons (Fsp3) is 0.739. The van der Waals surface area contributed by atoms with Crippen LogP contribution in [0.25, 0.3) is 0 Å². The molecule has 0 aliphatic rings. The molecule has 0 fully saturated rings. The number of rotatable bonds is 16. The van der Waals surface area contributed by atoms with Crippen LogP contribution in [0.2, 0.25) is 0 Å². The van der Waals surface area contributed by atoms with Gasteiger partial charge in [0.2, 0.25) is 0 Å². The van der Waals surface area contributed by atoms with Crippen molar-refractivity contribution in [3.63, 3.8) is 0 Å². The van der Waals surface area contributed by atoms with E-state index in [4.69, 9.17) is 10.2 Å². The standard InChI is InChI=1S/C12H22O2.C11H20O2/c1-3-4-5-6-7-8-9-10-11(2)12(13)14;1-9(2)7-5-4-6-8-10(3)11(12)13/h2-10H2,1H3,(H,13,14);9H,3-8H2,1-2H3,(H,12,13). The van der Waals surface area contributed by atoms with E-state index in [0.717, 1.165) is 31.6 Å². The van der Waals surface area contributed by atoms with E-state index >= 15 is 0 Å². The minimum Gasteiger partial charge on any atom is -0.478 e. The second-order valence-corrected chi connectivity index (χ2v) is 7.68. The van der Waals surface area contributed by atoms with Crippen molar-refractivity contribution in [1.82, 2.24) is 0 Å². The summed E-state index contributed by atoms with van der Waals surface area (Å²) in [4.78, 5) is 20.8. The van der Waals surface area contributed by atoms with E-state index in [1.54, 1.807) is 0 Å². The lowest BCUT2D eigenvalue weighted by atomic mass is 10.0. The van der Waals surface area contributed by atoms with Gasteiger partial charge in [-0.1, -0.05) is 91.7 Å². The molecule has 0 unspecified atom stereocenters. The monoisotopic (exact) mass is 382 g/mol. The molecule has 0 saturated heterocycles. The van der Waals surface area contributed by atoms with Gasteiger partial charge in [-0.2, -0.15) is 0 Å². The first-order chi connectivity index (χ1) is 12.7. The normalized spacial score (nSPS) is 10.2.